The number of rotatable bonds is 5. The van der Waals surface area contributed by atoms with E-state index in [2.05, 4.69) is 10.3 Å². The van der Waals surface area contributed by atoms with Gasteiger partial charge in [-0.3, -0.25) is 4.79 Å². The van der Waals surface area contributed by atoms with Crippen molar-refractivity contribution in [2.24, 2.45) is 0 Å². The molecule has 0 radical (unpaired) electrons. The summed E-state index contributed by atoms with van der Waals surface area (Å²) in [5, 5.41) is 3.94. The standard InChI is InChI=1S/C19H16Cl2F3N3OS/c1-10(2)27-16-4-3-11(19(22,23)24)5-15(16)26-18(27)29-9-17(28)25-14-7-12(20)6-13(21)8-14/h3-8,10H,9H2,1-2H3,(H,25,28). The normalized spacial score (nSPS) is 12.0. The molecule has 1 N–H and O–H groups in total. The molecule has 2 aromatic carbocycles. The molecule has 154 valence electrons. The van der Waals surface area contributed by atoms with Gasteiger partial charge < -0.3 is 9.88 Å². The summed E-state index contributed by atoms with van der Waals surface area (Å²) in [6.45, 7) is 3.80. The smallest absolute Gasteiger partial charge is 0.325 e. The minimum absolute atomic E-state index is 0.0201. The first kappa shape index (κ1) is 21.8. The number of hydrogen-bond donors (Lipinski definition) is 1. The van der Waals surface area contributed by atoms with Gasteiger partial charge in [0.15, 0.2) is 5.16 Å². The van der Waals surface area contributed by atoms with E-state index in [-0.39, 0.29) is 23.2 Å². The molecule has 1 heterocycles. The number of alkyl halides is 3. The number of benzene rings is 2. The van der Waals surface area contributed by atoms with E-state index in [9.17, 15) is 18.0 Å². The second-order valence-electron chi connectivity index (χ2n) is 6.55. The maximum atomic E-state index is 13.0. The fraction of sp³-hybridized carbons (Fsp3) is 0.263. The average molecular weight is 462 g/mol. The van der Waals surface area contributed by atoms with Gasteiger partial charge in [-0.1, -0.05) is 35.0 Å². The summed E-state index contributed by atoms with van der Waals surface area (Å²) in [5.41, 5.74) is 0.515. The Labute approximate surface area is 179 Å². The largest absolute Gasteiger partial charge is 0.416 e. The van der Waals surface area contributed by atoms with Crippen molar-refractivity contribution in [2.75, 3.05) is 11.1 Å². The third kappa shape index (κ3) is 5.18. The SMILES string of the molecule is CC(C)n1c(SCC(=O)Nc2cc(Cl)cc(Cl)c2)nc2cc(C(F)(F)F)ccc21. The zero-order valence-corrected chi connectivity index (χ0v) is 17.7. The highest BCUT2D eigenvalue weighted by molar-refractivity contribution is 7.99. The Kier molecular flexibility index (Phi) is 6.36. The van der Waals surface area contributed by atoms with Gasteiger partial charge >= 0.3 is 6.18 Å². The zero-order valence-electron chi connectivity index (χ0n) is 15.3. The fourth-order valence-electron chi connectivity index (χ4n) is 2.81. The van der Waals surface area contributed by atoms with Gasteiger partial charge in [-0.15, -0.1) is 0 Å². The van der Waals surface area contributed by atoms with Crippen LogP contribution in [-0.2, 0) is 11.0 Å². The number of anilines is 1. The van der Waals surface area contributed by atoms with Gasteiger partial charge in [0.2, 0.25) is 5.91 Å². The summed E-state index contributed by atoms with van der Waals surface area (Å²) in [6, 6.07) is 8.10. The van der Waals surface area contributed by atoms with Crippen molar-refractivity contribution in [3.63, 3.8) is 0 Å². The molecule has 10 heteroatoms. The highest BCUT2D eigenvalue weighted by atomic mass is 35.5. The number of halogens is 5. The van der Waals surface area contributed by atoms with Crippen LogP contribution >= 0.6 is 35.0 Å². The van der Waals surface area contributed by atoms with E-state index in [4.69, 9.17) is 23.2 Å². The molecule has 0 atom stereocenters. The third-order valence-corrected chi connectivity index (χ3v) is 5.37. The third-order valence-electron chi connectivity index (χ3n) is 3.98. The van der Waals surface area contributed by atoms with Crippen molar-refractivity contribution in [3.8, 4) is 0 Å². The maximum Gasteiger partial charge on any atom is 0.416 e. The molecule has 0 bridgehead atoms. The quantitative estimate of drug-likeness (QED) is 0.431. The number of carbonyl (C=O) groups excluding carboxylic acids is 1. The van der Waals surface area contributed by atoms with Crippen LogP contribution in [0.25, 0.3) is 11.0 Å². The zero-order chi connectivity index (χ0) is 21.3. The van der Waals surface area contributed by atoms with E-state index in [0.717, 1.165) is 23.9 Å². The number of hydrogen-bond acceptors (Lipinski definition) is 3. The van der Waals surface area contributed by atoms with Crippen LogP contribution in [0, 0.1) is 0 Å². The van der Waals surface area contributed by atoms with Gasteiger partial charge in [-0.25, -0.2) is 4.98 Å². The fourth-order valence-corrected chi connectivity index (χ4v) is 4.28. The first-order valence-electron chi connectivity index (χ1n) is 8.52. The van der Waals surface area contributed by atoms with Crippen LogP contribution in [0.2, 0.25) is 10.0 Å². The van der Waals surface area contributed by atoms with Crippen LogP contribution in [-0.4, -0.2) is 21.2 Å². The Morgan fingerprint density at radius 3 is 2.41 bits per heavy atom. The summed E-state index contributed by atoms with van der Waals surface area (Å²) in [4.78, 5) is 16.6. The van der Waals surface area contributed by atoms with Crippen LogP contribution < -0.4 is 5.32 Å². The molecule has 1 aromatic heterocycles. The molecule has 0 aliphatic rings. The Hall–Kier alpha value is -1.90. The topological polar surface area (TPSA) is 46.9 Å². The number of nitrogens with one attached hydrogen (secondary N) is 1. The van der Waals surface area contributed by atoms with Crippen LogP contribution in [0.1, 0.15) is 25.5 Å². The van der Waals surface area contributed by atoms with Crippen LogP contribution in [0.5, 0.6) is 0 Å². The monoisotopic (exact) mass is 461 g/mol. The highest BCUT2D eigenvalue weighted by Crippen LogP contribution is 2.34. The lowest BCUT2D eigenvalue weighted by molar-refractivity contribution is -0.137. The predicted molar refractivity (Wildman–Crippen MR) is 111 cm³/mol. The molecule has 29 heavy (non-hydrogen) atoms. The van der Waals surface area contributed by atoms with Crippen molar-refractivity contribution in [2.45, 2.75) is 31.2 Å². The molecule has 0 spiro atoms. The molecule has 0 saturated carbocycles. The van der Waals surface area contributed by atoms with Gasteiger partial charge in [0, 0.05) is 21.8 Å². The molecule has 0 aliphatic heterocycles. The molecule has 3 aromatic rings. The van der Waals surface area contributed by atoms with Crippen molar-refractivity contribution in [1.82, 2.24) is 9.55 Å². The van der Waals surface area contributed by atoms with Crippen LogP contribution in [0.4, 0.5) is 18.9 Å². The number of thioether (sulfide) groups is 1. The lowest BCUT2D eigenvalue weighted by Crippen LogP contribution is -2.15. The highest BCUT2D eigenvalue weighted by Gasteiger charge is 2.31. The molecular formula is C19H16Cl2F3N3OS. The molecule has 0 fully saturated rings. The van der Waals surface area contributed by atoms with E-state index in [1.54, 1.807) is 18.2 Å². The molecular weight excluding hydrogens is 446 g/mol. The van der Waals surface area contributed by atoms with Gasteiger partial charge in [-0.2, -0.15) is 13.2 Å². The number of carbonyl (C=O) groups is 1. The van der Waals surface area contributed by atoms with Crippen molar-refractivity contribution >= 4 is 57.6 Å². The summed E-state index contributed by atoms with van der Waals surface area (Å²) in [5.74, 6) is -0.293. The lowest BCUT2D eigenvalue weighted by atomic mass is 10.2. The molecule has 1 amide bonds. The number of aromatic nitrogens is 2. The van der Waals surface area contributed by atoms with Crippen molar-refractivity contribution in [1.29, 1.82) is 0 Å². The minimum atomic E-state index is -4.44. The van der Waals surface area contributed by atoms with Crippen molar-refractivity contribution in [3.05, 3.63) is 52.0 Å². The summed E-state index contributed by atoms with van der Waals surface area (Å²) >= 11 is 13.0. The van der Waals surface area contributed by atoms with Gasteiger partial charge in [0.25, 0.3) is 0 Å². The van der Waals surface area contributed by atoms with E-state index in [0.29, 0.717) is 26.4 Å². The van der Waals surface area contributed by atoms with Gasteiger partial charge in [-0.05, 0) is 50.2 Å². The summed E-state index contributed by atoms with van der Waals surface area (Å²) in [6.07, 6.45) is -4.44. The first-order valence-corrected chi connectivity index (χ1v) is 10.3. The van der Waals surface area contributed by atoms with Gasteiger partial charge in [0.05, 0.1) is 22.3 Å². The molecule has 0 aliphatic carbocycles. The summed E-state index contributed by atoms with van der Waals surface area (Å²) < 4.78 is 40.8. The van der Waals surface area contributed by atoms with Crippen LogP contribution in [0.3, 0.4) is 0 Å². The minimum Gasteiger partial charge on any atom is -0.325 e. The number of imidazole rings is 1. The Morgan fingerprint density at radius 2 is 1.83 bits per heavy atom. The predicted octanol–water partition coefficient (Wildman–Crippen LogP) is 6.67. The summed E-state index contributed by atoms with van der Waals surface area (Å²) in [7, 11) is 0. The Bertz CT molecular complexity index is 1050. The number of fused-ring (bicyclic) bond motifs is 1. The Morgan fingerprint density at radius 1 is 1.17 bits per heavy atom. The van der Waals surface area contributed by atoms with E-state index in [1.165, 1.54) is 6.07 Å². The number of nitrogens with zero attached hydrogens (tertiary/aromatic N) is 2. The average Bonchev–Trinajstić information content (AvgIpc) is 2.96. The van der Waals surface area contributed by atoms with Crippen LogP contribution in [0.15, 0.2) is 41.6 Å². The second kappa shape index (κ2) is 8.45. The van der Waals surface area contributed by atoms with E-state index >= 15 is 0 Å². The molecule has 3 rings (SSSR count). The molecule has 0 unspecified atom stereocenters. The second-order valence-corrected chi connectivity index (χ2v) is 8.37. The molecule has 0 saturated heterocycles. The lowest BCUT2D eigenvalue weighted by Gasteiger charge is -2.13. The van der Waals surface area contributed by atoms with E-state index < -0.39 is 11.7 Å². The molecule has 4 nitrogen and oxygen atoms in total. The van der Waals surface area contributed by atoms with Gasteiger partial charge in [0.1, 0.15) is 0 Å². The Balaban J connectivity index is 1.81. The number of amides is 1. The van der Waals surface area contributed by atoms with Crippen molar-refractivity contribution < 1.29 is 18.0 Å². The maximum absolute atomic E-state index is 13.0. The van der Waals surface area contributed by atoms with E-state index in [1.807, 2.05) is 18.4 Å². The first-order chi connectivity index (χ1) is 13.5.